The predicted molar refractivity (Wildman–Crippen MR) is 111 cm³/mol. The van der Waals surface area contributed by atoms with Crippen molar-refractivity contribution in [1.29, 1.82) is 0 Å². The van der Waals surface area contributed by atoms with Gasteiger partial charge in [0.25, 0.3) is 17.1 Å². The quantitative estimate of drug-likeness (QED) is 0.657. The molecule has 1 aliphatic heterocycles. The highest BCUT2D eigenvalue weighted by Crippen LogP contribution is 2.32. The standard InChI is InChI=1S/C19H14BrClN2O3S/c20-15-4-2-1-3-14(15)17(24)22-9-10-23-18(25)16(27-19(23)26)11-12-5-7-13(21)8-6-12/h1-8,11H,9-10H2,(H,22,24). The molecular formula is C19H14BrClN2O3S. The van der Waals surface area contributed by atoms with Crippen molar-refractivity contribution in [2.24, 2.45) is 0 Å². The Morgan fingerprint density at radius 3 is 2.56 bits per heavy atom. The third-order valence-electron chi connectivity index (χ3n) is 3.78. The van der Waals surface area contributed by atoms with E-state index >= 15 is 0 Å². The van der Waals surface area contributed by atoms with Crippen LogP contribution in [0.2, 0.25) is 5.02 Å². The summed E-state index contributed by atoms with van der Waals surface area (Å²) in [6.45, 7) is 0.283. The van der Waals surface area contributed by atoms with E-state index in [1.165, 1.54) is 0 Å². The van der Waals surface area contributed by atoms with E-state index in [0.29, 0.717) is 20.0 Å². The van der Waals surface area contributed by atoms with E-state index in [1.807, 2.05) is 6.07 Å². The number of imide groups is 1. The number of amides is 3. The number of nitrogens with one attached hydrogen (secondary N) is 1. The van der Waals surface area contributed by atoms with Crippen LogP contribution < -0.4 is 5.32 Å². The summed E-state index contributed by atoms with van der Waals surface area (Å²) in [4.78, 5) is 38.2. The number of nitrogens with zero attached hydrogens (tertiary/aromatic N) is 1. The van der Waals surface area contributed by atoms with E-state index in [-0.39, 0.29) is 30.1 Å². The van der Waals surface area contributed by atoms with Gasteiger partial charge >= 0.3 is 0 Å². The number of hydrogen-bond acceptors (Lipinski definition) is 4. The lowest BCUT2D eigenvalue weighted by Gasteiger charge is -2.13. The van der Waals surface area contributed by atoms with Gasteiger partial charge in [0.1, 0.15) is 0 Å². The summed E-state index contributed by atoms with van der Waals surface area (Å²) in [6, 6.07) is 14.0. The number of carbonyl (C=O) groups excluding carboxylic acids is 3. The van der Waals surface area contributed by atoms with Crippen LogP contribution in [-0.2, 0) is 4.79 Å². The molecule has 5 nitrogen and oxygen atoms in total. The fourth-order valence-electron chi connectivity index (χ4n) is 2.42. The van der Waals surface area contributed by atoms with Gasteiger partial charge in [-0.05, 0) is 63.6 Å². The van der Waals surface area contributed by atoms with Crippen molar-refractivity contribution >= 4 is 62.4 Å². The van der Waals surface area contributed by atoms with E-state index in [0.717, 1.165) is 22.2 Å². The van der Waals surface area contributed by atoms with Crippen LogP contribution in [0.3, 0.4) is 0 Å². The Morgan fingerprint density at radius 1 is 1.15 bits per heavy atom. The van der Waals surface area contributed by atoms with Gasteiger partial charge < -0.3 is 5.32 Å². The van der Waals surface area contributed by atoms with E-state index in [9.17, 15) is 14.4 Å². The Balaban J connectivity index is 1.60. The summed E-state index contributed by atoms with van der Waals surface area (Å²) in [7, 11) is 0. The van der Waals surface area contributed by atoms with Gasteiger partial charge in [0, 0.05) is 22.6 Å². The third-order valence-corrected chi connectivity index (χ3v) is 5.63. The van der Waals surface area contributed by atoms with Crippen LogP contribution in [0.15, 0.2) is 57.9 Å². The summed E-state index contributed by atoms with van der Waals surface area (Å²) in [5, 5.41) is 2.97. The number of hydrogen-bond donors (Lipinski definition) is 1. The van der Waals surface area contributed by atoms with Gasteiger partial charge in [0.2, 0.25) is 0 Å². The Bertz CT molecular complexity index is 931. The fraction of sp³-hybridized carbons (Fsp3) is 0.105. The number of rotatable bonds is 5. The van der Waals surface area contributed by atoms with Crippen molar-refractivity contribution in [2.75, 3.05) is 13.1 Å². The molecule has 1 N–H and O–H groups in total. The maximum Gasteiger partial charge on any atom is 0.293 e. The summed E-state index contributed by atoms with van der Waals surface area (Å²) in [6.07, 6.45) is 1.65. The van der Waals surface area contributed by atoms with Crippen molar-refractivity contribution in [3.05, 3.63) is 74.1 Å². The summed E-state index contributed by atoms with van der Waals surface area (Å²) >= 11 is 10.1. The topological polar surface area (TPSA) is 66.5 Å². The average molecular weight is 466 g/mol. The molecule has 0 aromatic heterocycles. The van der Waals surface area contributed by atoms with Crippen molar-refractivity contribution < 1.29 is 14.4 Å². The summed E-state index contributed by atoms with van der Waals surface area (Å²) < 4.78 is 0.680. The lowest BCUT2D eigenvalue weighted by atomic mass is 10.2. The van der Waals surface area contributed by atoms with Crippen molar-refractivity contribution in [1.82, 2.24) is 10.2 Å². The van der Waals surface area contributed by atoms with Crippen LogP contribution in [0.4, 0.5) is 4.79 Å². The van der Waals surface area contributed by atoms with Gasteiger partial charge in [-0.1, -0.05) is 35.9 Å². The van der Waals surface area contributed by atoms with Gasteiger partial charge in [-0.15, -0.1) is 0 Å². The molecule has 0 bridgehead atoms. The molecule has 0 atom stereocenters. The molecule has 3 amide bonds. The molecule has 1 fully saturated rings. The zero-order valence-corrected chi connectivity index (χ0v) is 17.1. The van der Waals surface area contributed by atoms with Crippen LogP contribution >= 0.6 is 39.3 Å². The van der Waals surface area contributed by atoms with Crippen molar-refractivity contribution in [2.45, 2.75) is 0 Å². The normalized spacial score (nSPS) is 15.5. The Morgan fingerprint density at radius 2 is 1.85 bits per heavy atom. The van der Waals surface area contributed by atoms with Crippen LogP contribution in [0, 0.1) is 0 Å². The first-order chi connectivity index (χ1) is 13.0. The molecule has 1 heterocycles. The van der Waals surface area contributed by atoms with Gasteiger partial charge in [0.15, 0.2) is 0 Å². The lowest BCUT2D eigenvalue weighted by Crippen LogP contribution is -2.37. The highest BCUT2D eigenvalue weighted by atomic mass is 79.9. The Kier molecular flexibility index (Phi) is 6.36. The zero-order chi connectivity index (χ0) is 19.4. The SMILES string of the molecule is O=C(NCCN1C(=O)SC(=Cc2ccc(Cl)cc2)C1=O)c1ccccc1Br. The molecule has 0 aliphatic carbocycles. The van der Waals surface area contributed by atoms with Gasteiger partial charge in [-0.2, -0.15) is 0 Å². The molecule has 138 valence electrons. The minimum absolute atomic E-state index is 0.110. The second-order valence-corrected chi connectivity index (χ2v) is 7.90. The lowest BCUT2D eigenvalue weighted by molar-refractivity contribution is -0.122. The molecule has 0 unspecified atom stereocenters. The molecule has 3 rings (SSSR count). The van der Waals surface area contributed by atoms with E-state index in [2.05, 4.69) is 21.2 Å². The van der Waals surface area contributed by atoms with Crippen LogP contribution in [-0.4, -0.2) is 35.0 Å². The minimum Gasteiger partial charge on any atom is -0.350 e. The molecule has 27 heavy (non-hydrogen) atoms. The molecular weight excluding hydrogens is 452 g/mol. The fourth-order valence-corrected chi connectivity index (χ4v) is 3.88. The maximum absolute atomic E-state index is 12.5. The van der Waals surface area contributed by atoms with Gasteiger partial charge in [0.05, 0.1) is 10.5 Å². The van der Waals surface area contributed by atoms with Gasteiger partial charge in [-0.3, -0.25) is 19.3 Å². The monoisotopic (exact) mass is 464 g/mol. The van der Waals surface area contributed by atoms with Crippen LogP contribution in [0.1, 0.15) is 15.9 Å². The second kappa shape index (κ2) is 8.73. The van der Waals surface area contributed by atoms with Crippen LogP contribution in [0.25, 0.3) is 6.08 Å². The molecule has 0 spiro atoms. The van der Waals surface area contributed by atoms with E-state index in [1.54, 1.807) is 48.5 Å². The molecule has 0 radical (unpaired) electrons. The molecule has 8 heteroatoms. The predicted octanol–water partition coefficient (Wildman–Crippen LogP) is 4.57. The first kappa shape index (κ1) is 19.7. The van der Waals surface area contributed by atoms with Crippen molar-refractivity contribution in [3.8, 4) is 0 Å². The highest BCUT2D eigenvalue weighted by molar-refractivity contribution is 9.10. The number of halogens is 2. The first-order valence-electron chi connectivity index (χ1n) is 7.99. The maximum atomic E-state index is 12.5. The van der Waals surface area contributed by atoms with Crippen molar-refractivity contribution in [3.63, 3.8) is 0 Å². The Hall–Kier alpha value is -2.09. The van der Waals surface area contributed by atoms with E-state index in [4.69, 9.17) is 11.6 Å². The smallest absolute Gasteiger partial charge is 0.293 e. The summed E-state index contributed by atoms with van der Waals surface area (Å²) in [5.41, 5.74) is 1.28. The van der Waals surface area contributed by atoms with Gasteiger partial charge in [-0.25, -0.2) is 0 Å². The molecule has 0 saturated carbocycles. The number of carbonyl (C=O) groups is 3. The minimum atomic E-state index is -0.366. The average Bonchev–Trinajstić information content (AvgIpc) is 2.91. The largest absolute Gasteiger partial charge is 0.350 e. The highest BCUT2D eigenvalue weighted by Gasteiger charge is 2.34. The number of benzene rings is 2. The second-order valence-electron chi connectivity index (χ2n) is 5.62. The van der Waals surface area contributed by atoms with Crippen LogP contribution in [0.5, 0.6) is 0 Å². The first-order valence-corrected chi connectivity index (χ1v) is 9.98. The molecule has 2 aromatic carbocycles. The molecule has 2 aromatic rings. The number of thioether (sulfide) groups is 1. The third kappa shape index (κ3) is 4.80. The zero-order valence-electron chi connectivity index (χ0n) is 13.9. The van der Waals surface area contributed by atoms with E-state index < -0.39 is 0 Å². The molecule has 1 aliphatic rings. The molecule has 1 saturated heterocycles. The Labute approximate surface area is 173 Å². The summed E-state index contributed by atoms with van der Waals surface area (Å²) in [5.74, 6) is -0.638.